The van der Waals surface area contributed by atoms with Crippen LogP contribution < -0.4 is 5.32 Å². The van der Waals surface area contributed by atoms with Crippen LogP contribution in [0, 0.1) is 12.8 Å². The van der Waals surface area contributed by atoms with Gasteiger partial charge in [-0.15, -0.1) is 11.3 Å². The van der Waals surface area contributed by atoms with Crippen molar-refractivity contribution in [3.63, 3.8) is 0 Å². The number of ether oxygens (including phenoxy) is 1. The van der Waals surface area contributed by atoms with Gasteiger partial charge in [0, 0.05) is 24.2 Å². The molecule has 1 atom stereocenters. The van der Waals surface area contributed by atoms with Gasteiger partial charge in [-0.1, -0.05) is 6.07 Å². The van der Waals surface area contributed by atoms with E-state index in [4.69, 9.17) is 4.74 Å². The number of aliphatic carboxylic acids is 1. The molecule has 1 fully saturated rings. The lowest BCUT2D eigenvalue weighted by atomic mass is 9.82. The molecule has 0 spiro atoms. The number of piperidine rings is 1. The smallest absolute Gasteiger partial charge is 0.410 e. The summed E-state index contributed by atoms with van der Waals surface area (Å²) in [6, 6.07) is 5.35. The van der Waals surface area contributed by atoms with Gasteiger partial charge in [0.25, 0.3) is 0 Å². The number of amides is 1. The van der Waals surface area contributed by atoms with Crippen molar-refractivity contribution in [3.8, 4) is 0 Å². The van der Waals surface area contributed by atoms with Gasteiger partial charge in [0.05, 0.1) is 5.69 Å². The highest BCUT2D eigenvalue weighted by atomic mass is 32.1. The van der Waals surface area contributed by atoms with Gasteiger partial charge in [-0.05, 0) is 58.6 Å². The number of rotatable bonds is 5. The lowest BCUT2D eigenvalue weighted by Crippen LogP contribution is -2.43. The van der Waals surface area contributed by atoms with E-state index in [0.717, 1.165) is 10.0 Å². The third-order valence-corrected chi connectivity index (χ3v) is 5.70. The zero-order chi connectivity index (χ0) is 21.9. The van der Waals surface area contributed by atoms with E-state index in [2.05, 4.69) is 15.3 Å². The number of likely N-dealkylation sites (tertiary alicyclic amines) is 1. The zero-order valence-corrected chi connectivity index (χ0v) is 18.5. The highest BCUT2D eigenvalue weighted by Gasteiger charge is 2.35. The summed E-state index contributed by atoms with van der Waals surface area (Å²) in [4.78, 5) is 35.9. The zero-order valence-electron chi connectivity index (χ0n) is 17.7. The van der Waals surface area contributed by atoms with Crippen molar-refractivity contribution in [2.75, 3.05) is 18.4 Å². The molecule has 3 heterocycles. The van der Waals surface area contributed by atoms with Gasteiger partial charge in [0.2, 0.25) is 0 Å². The molecule has 1 aliphatic rings. The minimum atomic E-state index is -0.902. The van der Waals surface area contributed by atoms with Gasteiger partial charge in [0.15, 0.2) is 5.13 Å². The number of aromatic nitrogens is 2. The molecular weight excluding hydrogens is 404 g/mol. The molecule has 0 bridgehead atoms. The van der Waals surface area contributed by atoms with Crippen molar-refractivity contribution < 1.29 is 19.4 Å². The molecule has 1 unspecified atom stereocenters. The molecule has 2 N–H and O–H groups in total. The van der Waals surface area contributed by atoms with Crippen LogP contribution in [-0.4, -0.2) is 50.7 Å². The van der Waals surface area contributed by atoms with Crippen LogP contribution in [0.5, 0.6) is 0 Å². The largest absolute Gasteiger partial charge is 0.481 e. The maximum atomic E-state index is 12.3. The van der Waals surface area contributed by atoms with E-state index >= 15 is 0 Å². The number of carboxylic acid groups (broad SMARTS) is 1. The molecule has 1 saturated heterocycles. The monoisotopic (exact) mass is 432 g/mol. The lowest BCUT2D eigenvalue weighted by Gasteiger charge is -2.35. The van der Waals surface area contributed by atoms with Crippen LogP contribution in [0.15, 0.2) is 24.4 Å². The number of nitrogens with zero attached hydrogens (tertiary/aromatic N) is 3. The van der Waals surface area contributed by atoms with Crippen LogP contribution in [0.2, 0.25) is 0 Å². The van der Waals surface area contributed by atoms with Gasteiger partial charge in [-0.3, -0.25) is 4.79 Å². The third kappa shape index (κ3) is 5.69. The van der Waals surface area contributed by atoms with E-state index in [9.17, 15) is 14.7 Å². The number of nitrogens with one attached hydrogen (secondary N) is 1. The Kier molecular flexibility index (Phi) is 6.60. The molecule has 0 saturated carbocycles. The molecule has 8 nitrogen and oxygen atoms in total. The quantitative estimate of drug-likeness (QED) is 0.721. The fraction of sp³-hybridized carbons (Fsp3) is 0.524. The van der Waals surface area contributed by atoms with Crippen molar-refractivity contribution in [1.29, 1.82) is 0 Å². The molecule has 1 aliphatic heterocycles. The normalized spacial score (nSPS) is 16.2. The van der Waals surface area contributed by atoms with Gasteiger partial charge < -0.3 is 20.1 Å². The average molecular weight is 433 g/mol. The Hall–Kier alpha value is -2.68. The van der Waals surface area contributed by atoms with Crippen molar-refractivity contribution in [2.24, 2.45) is 5.92 Å². The molecular formula is C21H28N4O4S. The molecule has 30 heavy (non-hydrogen) atoms. The summed E-state index contributed by atoms with van der Waals surface area (Å²) in [5.74, 6) is -1.17. The van der Waals surface area contributed by atoms with E-state index in [1.807, 2.05) is 27.7 Å². The van der Waals surface area contributed by atoms with Crippen molar-refractivity contribution >= 4 is 34.3 Å². The van der Waals surface area contributed by atoms with Crippen molar-refractivity contribution in [3.05, 3.63) is 35.0 Å². The number of aryl methyl sites for hydroxylation is 1. The average Bonchev–Trinajstić information content (AvgIpc) is 3.06. The Bertz CT molecular complexity index is 900. The molecule has 0 aliphatic carbocycles. The first-order chi connectivity index (χ1) is 14.1. The van der Waals surface area contributed by atoms with E-state index in [1.165, 1.54) is 11.3 Å². The predicted octanol–water partition coefficient (Wildman–Crippen LogP) is 4.41. The number of pyridine rings is 1. The summed E-state index contributed by atoms with van der Waals surface area (Å²) in [7, 11) is 0. The fourth-order valence-electron chi connectivity index (χ4n) is 3.53. The van der Waals surface area contributed by atoms with Crippen LogP contribution in [0.25, 0.3) is 0 Å². The molecule has 162 valence electrons. The first-order valence-corrected chi connectivity index (χ1v) is 10.8. The Morgan fingerprint density at radius 3 is 2.57 bits per heavy atom. The number of hydrogen-bond acceptors (Lipinski definition) is 7. The predicted molar refractivity (Wildman–Crippen MR) is 115 cm³/mol. The first kappa shape index (κ1) is 22.0. The molecule has 2 aromatic heterocycles. The number of thiazole rings is 1. The number of anilines is 2. The standard InChI is InChI=1S/C21H28N4O4S/c1-13-12-22-19(30-13)24-16-7-5-6-15(23-16)17(18(26)27)14-8-10-25(11-9-14)20(28)29-21(2,3)4/h5-7,12,14,17H,8-11H2,1-4H3,(H,26,27)(H,22,23,24). The van der Waals surface area contributed by atoms with Crippen LogP contribution >= 0.6 is 11.3 Å². The number of carbonyl (C=O) groups excluding carboxylic acids is 1. The summed E-state index contributed by atoms with van der Waals surface area (Å²) >= 11 is 1.51. The van der Waals surface area contributed by atoms with Gasteiger partial charge >= 0.3 is 12.1 Å². The highest BCUT2D eigenvalue weighted by Crippen LogP contribution is 2.33. The Balaban J connectivity index is 1.69. The molecule has 9 heteroatoms. The summed E-state index contributed by atoms with van der Waals surface area (Å²) in [6.07, 6.45) is 2.59. The second-order valence-electron chi connectivity index (χ2n) is 8.47. The topological polar surface area (TPSA) is 105 Å². The highest BCUT2D eigenvalue weighted by molar-refractivity contribution is 7.15. The van der Waals surface area contributed by atoms with Crippen LogP contribution in [0.4, 0.5) is 15.7 Å². The summed E-state index contributed by atoms with van der Waals surface area (Å²) in [5.41, 5.74) is -0.0401. The van der Waals surface area contributed by atoms with Gasteiger partial charge in [0.1, 0.15) is 17.3 Å². The maximum absolute atomic E-state index is 12.3. The number of carboxylic acids is 1. The van der Waals surface area contributed by atoms with E-state index in [-0.39, 0.29) is 12.0 Å². The lowest BCUT2D eigenvalue weighted by molar-refractivity contribution is -0.140. The van der Waals surface area contributed by atoms with Crippen LogP contribution in [-0.2, 0) is 9.53 Å². The van der Waals surface area contributed by atoms with Gasteiger partial charge in [-0.2, -0.15) is 0 Å². The van der Waals surface area contributed by atoms with E-state index in [1.54, 1.807) is 29.3 Å². The molecule has 0 radical (unpaired) electrons. The number of hydrogen-bond donors (Lipinski definition) is 2. The SMILES string of the molecule is Cc1cnc(Nc2cccc(C(C(=O)O)C3CCN(C(=O)OC(C)(C)C)CC3)n2)s1. The second kappa shape index (κ2) is 8.99. The molecule has 3 rings (SSSR count). The third-order valence-electron chi connectivity index (χ3n) is 4.87. The Morgan fingerprint density at radius 1 is 1.30 bits per heavy atom. The molecule has 2 aromatic rings. The summed E-state index contributed by atoms with van der Waals surface area (Å²) in [5, 5.41) is 13.8. The van der Waals surface area contributed by atoms with Crippen LogP contribution in [0.3, 0.4) is 0 Å². The Labute approximate surface area is 180 Å². The van der Waals surface area contributed by atoms with Crippen LogP contribution in [0.1, 0.15) is 50.1 Å². The summed E-state index contributed by atoms with van der Waals surface area (Å²) in [6.45, 7) is 8.41. The minimum Gasteiger partial charge on any atom is -0.481 e. The molecule has 1 amide bonds. The Morgan fingerprint density at radius 2 is 2.00 bits per heavy atom. The van der Waals surface area contributed by atoms with Crippen molar-refractivity contribution in [2.45, 2.75) is 52.1 Å². The second-order valence-corrected chi connectivity index (χ2v) is 9.70. The maximum Gasteiger partial charge on any atom is 0.410 e. The van der Waals surface area contributed by atoms with Crippen molar-refractivity contribution in [1.82, 2.24) is 14.9 Å². The van der Waals surface area contributed by atoms with E-state index in [0.29, 0.717) is 37.4 Å². The van der Waals surface area contributed by atoms with E-state index < -0.39 is 17.5 Å². The number of carbonyl (C=O) groups is 2. The summed E-state index contributed by atoms with van der Waals surface area (Å²) < 4.78 is 5.42. The first-order valence-electron chi connectivity index (χ1n) is 9.99. The molecule has 0 aromatic carbocycles. The fourth-order valence-corrected chi connectivity index (χ4v) is 4.20. The minimum absolute atomic E-state index is 0.106. The van der Waals surface area contributed by atoms with Gasteiger partial charge in [-0.25, -0.2) is 14.8 Å².